The van der Waals surface area contributed by atoms with Gasteiger partial charge in [-0.1, -0.05) is 50.3 Å². The van der Waals surface area contributed by atoms with E-state index in [1.54, 1.807) is 32.9 Å². The van der Waals surface area contributed by atoms with Crippen molar-refractivity contribution in [2.75, 3.05) is 5.32 Å². The minimum atomic E-state index is -0.971. The van der Waals surface area contributed by atoms with Crippen LogP contribution in [0.1, 0.15) is 27.7 Å². The van der Waals surface area contributed by atoms with Crippen LogP contribution < -0.4 is 15.6 Å². The number of rotatable bonds is 9. The molecule has 1 aliphatic carbocycles. The van der Waals surface area contributed by atoms with Crippen LogP contribution in [0, 0.1) is 11.8 Å². The lowest BCUT2D eigenvalue weighted by Gasteiger charge is -2.25. The van der Waals surface area contributed by atoms with E-state index in [1.807, 2.05) is 61.5 Å². The second kappa shape index (κ2) is 11.0. The summed E-state index contributed by atoms with van der Waals surface area (Å²) in [6.45, 7) is 7.19. The number of hydroxylamine groups is 1. The third-order valence-corrected chi connectivity index (χ3v) is 6.61. The van der Waals surface area contributed by atoms with Crippen molar-refractivity contribution in [3.8, 4) is 16.9 Å². The molecule has 0 saturated heterocycles. The lowest BCUT2D eigenvalue weighted by molar-refractivity contribution is -0.143. The Kier molecular flexibility index (Phi) is 7.80. The van der Waals surface area contributed by atoms with E-state index in [1.165, 1.54) is 0 Å². The summed E-state index contributed by atoms with van der Waals surface area (Å²) < 4.78 is 5.94. The Morgan fingerprint density at radius 3 is 2.19 bits per heavy atom. The number of anilines is 1. The Labute approximate surface area is 216 Å². The fourth-order valence-electron chi connectivity index (χ4n) is 4.54. The molecule has 0 radical (unpaired) electrons. The van der Waals surface area contributed by atoms with E-state index in [0.717, 1.165) is 22.3 Å². The van der Waals surface area contributed by atoms with Crippen LogP contribution in [0.2, 0.25) is 0 Å². The van der Waals surface area contributed by atoms with Crippen molar-refractivity contribution >= 4 is 17.6 Å². The van der Waals surface area contributed by atoms with E-state index in [4.69, 9.17) is 9.57 Å². The number of aliphatic carboxylic acids is 1. The number of aliphatic hydroxyl groups excluding tert-OH is 1. The van der Waals surface area contributed by atoms with Crippen molar-refractivity contribution in [1.29, 1.82) is 0 Å². The normalized spacial score (nSPS) is 20.1. The SMILES string of the molecule is CC1=C(C(=O)Nc2ccc(-c3ccc(ON[C@H](C(=O)O)C(C)C)cc3)cc2)OC2C=CC=C(C(C)O)C12. The summed E-state index contributed by atoms with van der Waals surface area (Å²) in [6.07, 6.45) is 4.72. The van der Waals surface area contributed by atoms with Crippen LogP contribution in [0.25, 0.3) is 11.1 Å². The largest absolute Gasteiger partial charge is 0.480 e. The Bertz CT molecular complexity index is 1240. The second-order valence-corrected chi connectivity index (χ2v) is 9.64. The number of carboxylic acid groups (broad SMARTS) is 1. The molecule has 3 unspecified atom stereocenters. The van der Waals surface area contributed by atoms with Gasteiger partial charge in [0.15, 0.2) is 5.76 Å². The highest BCUT2D eigenvalue weighted by molar-refractivity contribution is 6.03. The average molecular weight is 505 g/mol. The fourth-order valence-corrected chi connectivity index (χ4v) is 4.54. The monoisotopic (exact) mass is 504 g/mol. The van der Waals surface area contributed by atoms with Gasteiger partial charge in [0, 0.05) is 11.6 Å². The van der Waals surface area contributed by atoms with Crippen LogP contribution in [0.15, 0.2) is 83.7 Å². The van der Waals surface area contributed by atoms with Crippen molar-refractivity contribution < 1.29 is 29.4 Å². The molecule has 8 heteroatoms. The third kappa shape index (κ3) is 5.76. The number of hydrogen-bond donors (Lipinski definition) is 4. The van der Waals surface area contributed by atoms with Crippen LogP contribution in [0.3, 0.4) is 0 Å². The van der Waals surface area contributed by atoms with Gasteiger partial charge in [-0.15, -0.1) is 5.48 Å². The zero-order valence-electron chi connectivity index (χ0n) is 21.3. The standard InChI is InChI=1S/C29H32N2O6/c1-16(2)26(29(34)35)31-37-22-14-10-20(11-15-22)19-8-12-21(13-9-19)30-28(33)27-17(3)25-23(18(4)32)6-5-7-24(25)36-27/h5-16,18,24-26,31-32H,1-4H3,(H,30,33)(H,34,35)/t18?,24?,25?,26-/m0/s1. The van der Waals surface area contributed by atoms with E-state index in [2.05, 4.69) is 10.8 Å². The first-order valence-electron chi connectivity index (χ1n) is 12.3. The molecule has 1 heterocycles. The number of fused-ring (bicyclic) bond motifs is 1. The molecule has 2 aromatic rings. The van der Waals surface area contributed by atoms with Crippen molar-refractivity contribution in [2.24, 2.45) is 11.8 Å². The summed E-state index contributed by atoms with van der Waals surface area (Å²) in [7, 11) is 0. The molecule has 0 fully saturated rings. The molecule has 2 aliphatic rings. The highest BCUT2D eigenvalue weighted by atomic mass is 16.6. The van der Waals surface area contributed by atoms with Gasteiger partial charge >= 0.3 is 5.97 Å². The van der Waals surface area contributed by atoms with Gasteiger partial charge in [0.2, 0.25) is 0 Å². The van der Waals surface area contributed by atoms with E-state index in [9.17, 15) is 19.8 Å². The number of carboxylic acids is 1. The molecule has 0 saturated carbocycles. The van der Waals surface area contributed by atoms with Gasteiger partial charge in [-0.25, -0.2) is 0 Å². The maximum Gasteiger partial charge on any atom is 0.324 e. The van der Waals surface area contributed by atoms with Gasteiger partial charge in [0.1, 0.15) is 17.9 Å². The molecule has 194 valence electrons. The highest BCUT2D eigenvalue weighted by Gasteiger charge is 2.40. The molecule has 4 atom stereocenters. The number of aliphatic hydroxyl groups is 1. The number of ether oxygens (including phenoxy) is 1. The number of amides is 1. The van der Waals surface area contributed by atoms with E-state index >= 15 is 0 Å². The Hall–Kier alpha value is -3.88. The van der Waals surface area contributed by atoms with Crippen molar-refractivity contribution in [3.63, 3.8) is 0 Å². The number of carbonyl (C=O) groups is 2. The summed E-state index contributed by atoms with van der Waals surface area (Å²) in [5.41, 5.74) is 6.75. The minimum Gasteiger partial charge on any atom is -0.480 e. The second-order valence-electron chi connectivity index (χ2n) is 9.64. The molecule has 0 spiro atoms. The Balaban J connectivity index is 1.39. The average Bonchev–Trinajstić information content (AvgIpc) is 3.21. The van der Waals surface area contributed by atoms with Crippen LogP contribution in [-0.4, -0.2) is 40.3 Å². The molecule has 2 aromatic carbocycles. The maximum absolute atomic E-state index is 13.0. The van der Waals surface area contributed by atoms with E-state index in [0.29, 0.717) is 11.4 Å². The van der Waals surface area contributed by atoms with Gasteiger partial charge in [0.25, 0.3) is 5.91 Å². The van der Waals surface area contributed by atoms with Crippen LogP contribution in [0.5, 0.6) is 5.75 Å². The van der Waals surface area contributed by atoms with Crippen LogP contribution >= 0.6 is 0 Å². The molecular formula is C29H32N2O6. The molecule has 0 bridgehead atoms. The topological polar surface area (TPSA) is 117 Å². The first-order chi connectivity index (χ1) is 17.7. The summed E-state index contributed by atoms with van der Waals surface area (Å²) in [5.74, 6) is -0.784. The quantitative estimate of drug-likeness (QED) is 0.373. The molecule has 37 heavy (non-hydrogen) atoms. The van der Waals surface area contributed by atoms with Gasteiger partial charge < -0.3 is 25.1 Å². The molecule has 8 nitrogen and oxygen atoms in total. The number of carbonyl (C=O) groups excluding carboxylic acids is 1. The lowest BCUT2D eigenvalue weighted by Crippen LogP contribution is -2.42. The third-order valence-electron chi connectivity index (χ3n) is 6.61. The summed E-state index contributed by atoms with van der Waals surface area (Å²) in [4.78, 5) is 29.7. The molecule has 1 amide bonds. The Morgan fingerprint density at radius 2 is 1.62 bits per heavy atom. The predicted molar refractivity (Wildman–Crippen MR) is 140 cm³/mol. The summed E-state index contributed by atoms with van der Waals surface area (Å²) in [6, 6.07) is 13.9. The number of allylic oxidation sites excluding steroid dienone is 2. The molecular weight excluding hydrogens is 472 g/mol. The maximum atomic E-state index is 13.0. The zero-order chi connectivity index (χ0) is 26.7. The first kappa shape index (κ1) is 26.2. The molecule has 1 aliphatic heterocycles. The van der Waals surface area contributed by atoms with Crippen molar-refractivity contribution in [2.45, 2.75) is 45.9 Å². The smallest absolute Gasteiger partial charge is 0.324 e. The first-order valence-corrected chi connectivity index (χ1v) is 12.3. The fraction of sp³-hybridized carbons (Fsp3) is 0.310. The number of nitrogens with one attached hydrogen (secondary N) is 2. The minimum absolute atomic E-state index is 0.129. The lowest BCUT2D eigenvalue weighted by atomic mass is 9.82. The molecule has 4 rings (SSSR count). The Morgan fingerprint density at radius 1 is 1.00 bits per heavy atom. The number of benzene rings is 2. The van der Waals surface area contributed by atoms with Gasteiger partial charge in [-0.2, -0.15) is 0 Å². The molecule has 0 aromatic heterocycles. The van der Waals surface area contributed by atoms with Crippen LogP contribution in [-0.2, 0) is 14.3 Å². The number of hydrogen-bond acceptors (Lipinski definition) is 6. The zero-order valence-corrected chi connectivity index (χ0v) is 21.3. The van der Waals surface area contributed by atoms with Crippen molar-refractivity contribution in [3.05, 3.63) is 83.7 Å². The van der Waals surface area contributed by atoms with E-state index < -0.39 is 18.1 Å². The highest BCUT2D eigenvalue weighted by Crippen LogP contribution is 2.40. The van der Waals surface area contributed by atoms with E-state index in [-0.39, 0.29) is 29.6 Å². The van der Waals surface area contributed by atoms with Gasteiger partial charge in [-0.3, -0.25) is 9.59 Å². The van der Waals surface area contributed by atoms with Crippen LogP contribution in [0.4, 0.5) is 5.69 Å². The van der Waals surface area contributed by atoms with Gasteiger partial charge in [0.05, 0.1) is 6.10 Å². The van der Waals surface area contributed by atoms with Crippen molar-refractivity contribution in [1.82, 2.24) is 5.48 Å². The summed E-state index contributed by atoms with van der Waals surface area (Å²) >= 11 is 0. The van der Waals surface area contributed by atoms with Gasteiger partial charge in [-0.05, 0) is 72.4 Å². The summed E-state index contributed by atoms with van der Waals surface area (Å²) in [5, 5.41) is 22.3. The predicted octanol–water partition coefficient (Wildman–Crippen LogP) is 4.45. The molecule has 4 N–H and O–H groups in total.